The van der Waals surface area contributed by atoms with Crippen LogP contribution in [0, 0.1) is 0 Å². The molecule has 0 amide bonds. The Bertz CT molecular complexity index is 476. The monoisotopic (exact) mass is 322 g/mol. The minimum Gasteiger partial charge on any atom is -0.357 e. The number of aromatic nitrogens is 1. The van der Waals surface area contributed by atoms with Gasteiger partial charge in [0.15, 0.2) is 5.96 Å². The van der Waals surface area contributed by atoms with Crippen molar-refractivity contribution in [2.45, 2.75) is 71.8 Å². The van der Waals surface area contributed by atoms with E-state index in [-0.39, 0.29) is 5.54 Å². The summed E-state index contributed by atoms with van der Waals surface area (Å²) in [6.07, 6.45) is 7.19. The minimum absolute atomic E-state index is 0.0371. The predicted molar refractivity (Wildman–Crippen MR) is 95.9 cm³/mol. The van der Waals surface area contributed by atoms with Crippen molar-refractivity contribution in [2.24, 2.45) is 4.99 Å². The molecule has 0 unspecified atom stereocenters. The molecule has 0 saturated carbocycles. The van der Waals surface area contributed by atoms with E-state index in [0.717, 1.165) is 31.9 Å². The molecule has 0 saturated heterocycles. The van der Waals surface area contributed by atoms with E-state index < -0.39 is 0 Å². The molecule has 0 radical (unpaired) electrons. The summed E-state index contributed by atoms with van der Waals surface area (Å²) in [5, 5.41) is 8.03. The third kappa shape index (κ3) is 5.59. The van der Waals surface area contributed by atoms with E-state index in [2.05, 4.69) is 43.3 Å². The standard InChI is InChI=1S/C17H30N4S/c1-5-18-16(21-17(2,3)4)19-12-8-11-15-20-13-9-6-7-10-14(13)22-15/h5-12H2,1-4H3,(H2,18,19,21). The molecule has 1 aromatic heterocycles. The lowest BCUT2D eigenvalue weighted by atomic mass is 10.0. The van der Waals surface area contributed by atoms with Crippen molar-refractivity contribution in [3.63, 3.8) is 0 Å². The van der Waals surface area contributed by atoms with E-state index in [1.165, 1.54) is 41.3 Å². The second-order valence-corrected chi connectivity index (χ2v) is 8.09. The van der Waals surface area contributed by atoms with Gasteiger partial charge in [0.05, 0.1) is 10.7 Å². The molecule has 2 rings (SSSR count). The van der Waals surface area contributed by atoms with Gasteiger partial charge >= 0.3 is 0 Å². The number of guanidine groups is 1. The molecule has 0 fully saturated rings. The van der Waals surface area contributed by atoms with E-state index in [0.29, 0.717) is 0 Å². The fraction of sp³-hybridized carbons (Fsp3) is 0.765. The first-order chi connectivity index (χ1) is 10.5. The molecule has 1 aliphatic rings. The Morgan fingerprint density at radius 3 is 2.73 bits per heavy atom. The Kier molecular flexibility index (Phi) is 6.24. The summed E-state index contributed by atoms with van der Waals surface area (Å²) in [7, 11) is 0. The summed E-state index contributed by atoms with van der Waals surface area (Å²) < 4.78 is 0. The van der Waals surface area contributed by atoms with Crippen LogP contribution in [-0.2, 0) is 19.3 Å². The Hall–Kier alpha value is -1.10. The van der Waals surface area contributed by atoms with Gasteiger partial charge in [0.1, 0.15) is 0 Å². The van der Waals surface area contributed by atoms with Crippen LogP contribution in [0.15, 0.2) is 4.99 Å². The highest BCUT2D eigenvalue weighted by Gasteiger charge is 2.15. The average molecular weight is 323 g/mol. The molecule has 0 aromatic carbocycles. The zero-order valence-corrected chi connectivity index (χ0v) is 15.3. The lowest BCUT2D eigenvalue weighted by Crippen LogP contribution is -2.47. The van der Waals surface area contributed by atoms with Gasteiger partial charge in [-0.1, -0.05) is 0 Å². The number of aryl methyl sites for hydroxylation is 3. The predicted octanol–water partition coefficient (Wildman–Crippen LogP) is 3.31. The molecular weight excluding hydrogens is 292 g/mol. The second kappa shape index (κ2) is 7.95. The third-order valence-corrected chi connectivity index (χ3v) is 4.76. The summed E-state index contributed by atoms with van der Waals surface area (Å²) in [5.74, 6) is 0.911. The molecule has 1 aliphatic carbocycles. The highest BCUT2D eigenvalue weighted by Crippen LogP contribution is 2.27. The van der Waals surface area contributed by atoms with E-state index in [4.69, 9.17) is 4.98 Å². The molecular formula is C17H30N4S. The molecule has 124 valence electrons. The number of rotatable bonds is 5. The van der Waals surface area contributed by atoms with Gasteiger partial charge in [-0.3, -0.25) is 4.99 Å². The number of hydrogen-bond acceptors (Lipinski definition) is 3. The SMILES string of the molecule is CCNC(=NCCCc1nc2c(s1)CCCC2)NC(C)(C)C. The summed E-state index contributed by atoms with van der Waals surface area (Å²) in [6, 6.07) is 0. The van der Waals surface area contributed by atoms with Crippen LogP contribution in [0.3, 0.4) is 0 Å². The minimum atomic E-state index is 0.0371. The zero-order valence-electron chi connectivity index (χ0n) is 14.5. The molecule has 0 spiro atoms. The van der Waals surface area contributed by atoms with Crippen molar-refractivity contribution in [3.8, 4) is 0 Å². The van der Waals surface area contributed by atoms with Gasteiger partial charge < -0.3 is 10.6 Å². The molecule has 0 atom stereocenters. The summed E-state index contributed by atoms with van der Waals surface area (Å²) in [4.78, 5) is 11.0. The highest BCUT2D eigenvalue weighted by atomic mass is 32.1. The second-order valence-electron chi connectivity index (χ2n) is 6.92. The van der Waals surface area contributed by atoms with Crippen LogP contribution in [-0.4, -0.2) is 29.6 Å². The van der Waals surface area contributed by atoms with Crippen molar-refractivity contribution in [1.82, 2.24) is 15.6 Å². The van der Waals surface area contributed by atoms with Crippen LogP contribution in [0.5, 0.6) is 0 Å². The van der Waals surface area contributed by atoms with Crippen molar-refractivity contribution in [1.29, 1.82) is 0 Å². The lowest BCUT2D eigenvalue weighted by molar-refractivity contribution is 0.501. The van der Waals surface area contributed by atoms with Crippen molar-refractivity contribution in [3.05, 3.63) is 15.6 Å². The largest absolute Gasteiger partial charge is 0.357 e. The zero-order chi connectivity index (χ0) is 16.0. The first kappa shape index (κ1) is 17.3. The molecule has 0 bridgehead atoms. The van der Waals surface area contributed by atoms with Crippen molar-refractivity contribution < 1.29 is 0 Å². The maximum absolute atomic E-state index is 4.80. The quantitative estimate of drug-likeness (QED) is 0.497. The van der Waals surface area contributed by atoms with E-state index in [1.54, 1.807) is 0 Å². The van der Waals surface area contributed by atoms with Gasteiger partial charge in [-0.25, -0.2) is 4.98 Å². The number of nitrogens with one attached hydrogen (secondary N) is 2. The van der Waals surface area contributed by atoms with Crippen molar-refractivity contribution >= 4 is 17.3 Å². The number of aliphatic imine (C=N–C) groups is 1. The summed E-state index contributed by atoms with van der Waals surface area (Å²) >= 11 is 1.92. The van der Waals surface area contributed by atoms with Crippen LogP contribution < -0.4 is 10.6 Å². The van der Waals surface area contributed by atoms with E-state index in [1.807, 2.05) is 11.3 Å². The van der Waals surface area contributed by atoms with Crippen molar-refractivity contribution in [2.75, 3.05) is 13.1 Å². The average Bonchev–Trinajstić information content (AvgIpc) is 2.84. The number of fused-ring (bicyclic) bond motifs is 1. The highest BCUT2D eigenvalue weighted by molar-refractivity contribution is 7.11. The summed E-state index contributed by atoms with van der Waals surface area (Å²) in [5.41, 5.74) is 1.41. The molecule has 22 heavy (non-hydrogen) atoms. The summed E-state index contributed by atoms with van der Waals surface area (Å²) in [6.45, 7) is 10.3. The Morgan fingerprint density at radius 2 is 2.05 bits per heavy atom. The number of thiazole rings is 1. The molecule has 1 heterocycles. The van der Waals surface area contributed by atoms with E-state index in [9.17, 15) is 0 Å². The van der Waals surface area contributed by atoms with Gasteiger partial charge in [-0.15, -0.1) is 11.3 Å². The lowest BCUT2D eigenvalue weighted by Gasteiger charge is -2.23. The maximum Gasteiger partial charge on any atom is 0.191 e. The fourth-order valence-electron chi connectivity index (χ4n) is 2.60. The van der Waals surface area contributed by atoms with Gasteiger partial charge in [0.2, 0.25) is 0 Å². The topological polar surface area (TPSA) is 49.3 Å². The molecule has 2 N–H and O–H groups in total. The molecule has 1 aromatic rings. The Morgan fingerprint density at radius 1 is 1.27 bits per heavy atom. The van der Waals surface area contributed by atoms with Crippen LogP contribution in [0.4, 0.5) is 0 Å². The number of nitrogens with zero attached hydrogens (tertiary/aromatic N) is 2. The van der Waals surface area contributed by atoms with E-state index >= 15 is 0 Å². The Labute approximate surface area is 138 Å². The maximum atomic E-state index is 4.80. The Balaban J connectivity index is 1.81. The van der Waals surface area contributed by atoms with Gasteiger partial charge in [0, 0.05) is 29.9 Å². The normalized spacial score (nSPS) is 15.5. The molecule has 4 nitrogen and oxygen atoms in total. The van der Waals surface area contributed by atoms with Crippen LogP contribution in [0.2, 0.25) is 0 Å². The first-order valence-corrected chi connectivity index (χ1v) is 9.33. The molecule has 0 aliphatic heterocycles. The fourth-order valence-corrected chi connectivity index (χ4v) is 3.79. The van der Waals surface area contributed by atoms with Crippen LogP contribution in [0.1, 0.15) is 62.5 Å². The van der Waals surface area contributed by atoms with Gasteiger partial charge in [-0.05, 0) is 59.8 Å². The van der Waals surface area contributed by atoms with Gasteiger partial charge in [-0.2, -0.15) is 0 Å². The molecule has 5 heteroatoms. The first-order valence-electron chi connectivity index (χ1n) is 8.52. The van der Waals surface area contributed by atoms with Crippen LogP contribution in [0.25, 0.3) is 0 Å². The van der Waals surface area contributed by atoms with Gasteiger partial charge in [0.25, 0.3) is 0 Å². The smallest absolute Gasteiger partial charge is 0.191 e. The van der Waals surface area contributed by atoms with Crippen LogP contribution >= 0.6 is 11.3 Å². The third-order valence-electron chi connectivity index (χ3n) is 3.55. The number of hydrogen-bond donors (Lipinski definition) is 2.